The second-order valence-corrected chi connectivity index (χ2v) is 5.13. The van der Waals surface area contributed by atoms with E-state index in [1.54, 1.807) is 30.5 Å². The van der Waals surface area contributed by atoms with Crippen LogP contribution >= 0.6 is 11.3 Å². The average molecular weight is 315 g/mol. The lowest BCUT2D eigenvalue weighted by atomic mass is 10.1. The number of carbonyl (C=O) groups excluding carboxylic acids is 2. The molecule has 1 amide bonds. The summed E-state index contributed by atoms with van der Waals surface area (Å²) in [5.41, 5.74) is 1.33. The number of anilines is 1. The summed E-state index contributed by atoms with van der Waals surface area (Å²) in [6.45, 7) is 2.06. The molecule has 1 heterocycles. The van der Waals surface area contributed by atoms with Crippen LogP contribution in [-0.2, 0) is 16.0 Å². The van der Waals surface area contributed by atoms with E-state index >= 15 is 0 Å². The summed E-state index contributed by atoms with van der Waals surface area (Å²) < 4.78 is 4.84. The first-order chi connectivity index (χ1) is 10.6. The monoisotopic (exact) mass is 315 g/mol. The first kappa shape index (κ1) is 15.7. The first-order valence-corrected chi connectivity index (χ1v) is 7.42. The lowest BCUT2D eigenvalue weighted by Gasteiger charge is -2.02. The van der Waals surface area contributed by atoms with E-state index in [0.29, 0.717) is 28.6 Å². The lowest BCUT2D eigenvalue weighted by molar-refractivity contribution is -0.142. The summed E-state index contributed by atoms with van der Waals surface area (Å²) in [4.78, 5) is 27.6. The van der Waals surface area contributed by atoms with Gasteiger partial charge in [-0.1, -0.05) is 6.07 Å². The number of ether oxygens (including phenoxy) is 1. The quantitative estimate of drug-likeness (QED) is 0.855. The number of nitriles is 1. The maximum atomic E-state index is 12.1. The molecule has 1 N–H and O–H groups in total. The number of thiazole rings is 1. The molecular formula is C15H13N3O3S. The molecule has 0 aliphatic carbocycles. The van der Waals surface area contributed by atoms with E-state index in [1.807, 2.05) is 6.07 Å². The minimum atomic E-state index is -0.354. The molecule has 0 spiro atoms. The van der Waals surface area contributed by atoms with Crippen LogP contribution in [0.4, 0.5) is 5.13 Å². The SMILES string of the molecule is CCOC(=O)Cc1csc(NC(=O)c2cccc(C#N)c2)n1. The average Bonchev–Trinajstić information content (AvgIpc) is 2.94. The van der Waals surface area contributed by atoms with Crippen LogP contribution in [0, 0.1) is 11.3 Å². The fraction of sp³-hybridized carbons (Fsp3) is 0.200. The third kappa shape index (κ3) is 4.14. The number of hydrogen-bond acceptors (Lipinski definition) is 6. The highest BCUT2D eigenvalue weighted by molar-refractivity contribution is 7.14. The Bertz CT molecular complexity index is 734. The van der Waals surface area contributed by atoms with Crippen molar-refractivity contribution in [3.63, 3.8) is 0 Å². The standard InChI is InChI=1S/C15H13N3O3S/c1-2-21-13(19)7-12-9-22-15(17-12)18-14(20)11-5-3-4-10(6-11)8-16/h3-6,9H,2,7H2,1H3,(H,17,18,20). The number of amides is 1. The molecule has 0 unspecified atom stereocenters. The van der Waals surface area contributed by atoms with Crippen molar-refractivity contribution in [1.29, 1.82) is 5.26 Å². The topological polar surface area (TPSA) is 92.1 Å². The molecule has 7 heteroatoms. The first-order valence-electron chi connectivity index (χ1n) is 6.54. The van der Waals surface area contributed by atoms with Gasteiger partial charge in [-0.05, 0) is 25.1 Å². The van der Waals surface area contributed by atoms with Gasteiger partial charge in [0.05, 0.1) is 30.4 Å². The van der Waals surface area contributed by atoms with Crippen molar-refractivity contribution in [3.05, 3.63) is 46.5 Å². The summed E-state index contributed by atoms with van der Waals surface area (Å²) in [7, 11) is 0. The smallest absolute Gasteiger partial charge is 0.311 e. The largest absolute Gasteiger partial charge is 0.466 e. The Morgan fingerprint density at radius 1 is 1.45 bits per heavy atom. The zero-order chi connectivity index (χ0) is 15.9. The number of nitrogens with zero attached hydrogens (tertiary/aromatic N) is 2. The van der Waals surface area contributed by atoms with Crippen LogP contribution in [0.2, 0.25) is 0 Å². The minimum Gasteiger partial charge on any atom is -0.466 e. The maximum Gasteiger partial charge on any atom is 0.311 e. The van der Waals surface area contributed by atoms with Crippen LogP contribution < -0.4 is 5.32 Å². The van der Waals surface area contributed by atoms with Gasteiger partial charge in [-0.15, -0.1) is 11.3 Å². The van der Waals surface area contributed by atoms with Crippen molar-refractivity contribution in [2.45, 2.75) is 13.3 Å². The van der Waals surface area contributed by atoms with Crippen molar-refractivity contribution in [2.24, 2.45) is 0 Å². The van der Waals surface area contributed by atoms with Gasteiger partial charge >= 0.3 is 5.97 Å². The molecule has 0 atom stereocenters. The molecule has 22 heavy (non-hydrogen) atoms. The molecule has 0 bridgehead atoms. The predicted octanol–water partition coefficient (Wildman–Crippen LogP) is 2.37. The third-order valence-corrected chi connectivity index (χ3v) is 3.46. The number of hydrogen-bond donors (Lipinski definition) is 1. The van der Waals surface area contributed by atoms with Gasteiger partial charge in [0.2, 0.25) is 0 Å². The number of rotatable bonds is 5. The van der Waals surface area contributed by atoms with Crippen molar-refractivity contribution in [2.75, 3.05) is 11.9 Å². The van der Waals surface area contributed by atoms with Crippen molar-refractivity contribution >= 4 is 28.3 Å². The second-order valence-electron chi connectivity index (χ2n) is 4.27. The molecule has 2 aromatic rings. The molecule has 2 rings (SSSR count). The van der Waals surface area contributed by atoms with E-state index in [2.05, 4.69) is 10.3 Å². The Hall–Kier alpha value is -2.72. The summed E-state index contributed by atoms with van der Waals surface area (Å²) >= 11 is 1.23. The van der Waals surface area contributed by atoms with Crippen LogP contribution in [0.5, 0.6) is 0 Å². The van der Waals surface area contributed by atoms with Crippen LogP contribution in [0.15, 0.2) is 29.6 Å². The summed E-state index contributed by atoms with van der Waals surface area (Å²) in [6.07, 6.45) is 0.0735. The van der Waals surface area contributed by atoms with Crippen LogP contribution in [0.3, 0.4) is 0 Å². The molecule has 0 fully saturated rings. The van der Waals surface area contributed by atoms with Gasteiger partial charge in [-0.25, -0.2) is 4.98 Å². The van der Waals surface area contributed by atoms with Crippen LogP contribution in [0.25, 0.3) is 0 Å². The van der Waals surface area contributed by atoms with Gasteiger partial charge in [0.25, 0.3) is 5.91 Å². The maximum absolute atomic E-state index is 12.1. The Balaban J connectivity index is 2.02. The summed E-state index contributed by atoms with van der Waals surface area (Å²) in [6, 6.07) is 8.36. The fourth-order valence-corrected chi connectivity index (χ4v) is 2.41. The van der Waals surface area contributed by atoms with Gasteiger partial charge in [0.15, 0.2) is 5.13 Å². The molecule has 0 saturated carbocycles. The Morgan fingerprint density at radius 3 is 3.00 bits per heavy atom. The highest BCUT2D eigenvalue weighted by Crippen LogP contribution is 2.17. The van der Waals surface area contributed by atoms with Gasteiger partial charge < -0.3 is 4.74 Å². The van der Waals surface area contributed by atoms with Gasteiger partial charge in [0.1, 0.15) is 0 Å². The molecular weight excluding hydrogens is 302 g/mol. The molecule has 0 aliphatic heterocycles. The normalized spacial score (nSPS) is 9.82. The zero-order valence-electron chi connectivity index (χ0n) is 11.8. The van der Waals surface area contributed by atoms with E-state index in [-0.39, 0.29) is 18.3 Å². The van der Waals surface area contributed by atoms with E-state index < -0.39 is 0 Å². The minimum absolute atomic E-state index is 0.0735. The highest BCUT2D eigenvalue weighted by atomic mass is 32.1. The van der Waals surface area contributed by atoms with Gasteiger partial charge in [-0.3, -0.25) is 14.9 Å². The predicted molar refractivity (Wildman–Crippen MR) is 81.6 cm³/mol. The number of esters is 1. The van der Waals surface area contributed by atoms with Crippen molar-refractivity contribution in [1.82, 2.24) is 4.98 Å². The number of nitrogens with one attached hydrogen (secondary N) is 1. The lowest BCUT2D eigenvalue weighted by Crippen LogP contribution is -2.12. The van der Waals surface area contributed by atoms with E-state index in [9.17, 15) is 9.59 Å². The Labute approximate surface area is 131 Å². The second kappa shape index (κ2) is 7.33. The van der Waals surface area contributed by atoms with Crippen molar-refractivity contribution < 1.29 is 14.3 Å². The highest BCUT2D eigenvalue weighted by Gasteiger charge is 2.12. The zero-order valence-corrected chi connectivity index (χ0v) is 12.6. The molecule has 0 saturated heterocycles. The summed E-state index contributed by atoms with van der Waals surface area (Å²) in [5.74, 6) is -0.707. The van der Waals surface area contributed by atoms with Gasteiger partial charge in [-0.2, -0.15) is 5.26 Å². The molecule has 6 nitrogen and oxygen atoms in total. The van der Waals surface area contributed by atoms with Crippen LogP contribution in [-0.4, -0.2) is 23.5 Å². The Kier molecular flexibility index (Phi) is 5.22. The van der Waals surface area contributed by atoms with E-state index in [4.69, 9.17) is 10.00 Å². The number of carbonyl (C=O) groups is 2. The summed E-state index contributed by atoms with van der Waals surface area (Å²) in [5, 5.41) is 13.6. The number of benzene rings is 1. The van der Waals surface area contributed by atoms with E-state index in [0.717, 1.165) is 0 Å². The van der Waals surface area contributed by atoms with Crippen molar-refractivity contribution in [3.8, 4) is 6.07 Å². The molecule has 0 aliphatic rings. The molecule has 1 aromatic carbocycles. The number of aromatic nitrogens is 1. The fourth-order valence-electron chi connectivity index (χ4n) is 1.70. The molecule has 1 aromatic heterocycles. The van der Waals surface area contributed by atoms with E-state index in [1.165, 1.54) is 17.4 Å². The third-order valence-electron chi connectivity index (χ3n) is 2.66. The Morgan fingerprint density at radius 2 is 2.27 bits per heavy atom. The molecule has 0 radical (unpaired) electrons. The van der Waals surface area contributed by atoms with Gasteiger partial charge in [0, 0.05) is 10.9 Å². The van der Waals surface area contributed by atoms with Crippen LogP contribution in [0.1, 0.15) is 28.5 Å². The molecule has 112 valence electrons.